The van der Waals surface area contributed by atoms with Crippen molar-refractivity contribution in [1.29, 1.82) is 0 Å². The molecule has 20 heavy (non-hydrogen) atoms. The lowest BCUT2D eigenvalue weighted by Crippen LogP contribution is -2.59. The number of hydrogen-bond acceptors (Lipinski definition) is 5. The monoisotopic (exact) mass is 288 g/mol. The van der Waals surface area contributed by atoms with E-state index in [4.69, 9.17) is 0 Å². The Kier molecular flexibility index (Phi) is 2.97. The molecule has 0 saturated carbocycles. The number of fused-ring (bicyclic) bond motifs is 1. The number of carbonyl (C=O) groups excluding carboxylic acids is 1. The van der Waals surface area contributed by atoms with E-state index < -0.39 is 5.54 Å². The predicted molar refractivity (Wildman–Crippen MR) is 80.0 cm³/mol. The molecule has 0 radical (unpaired) electrons. The normalized spacial score (nSPS) is 17.2. The molecule has 104 valence electrons. The molecule has 0 unspecified atom stereocenters. The van der Waals surface area contributed by atoms with Gasteiger partial charge >= 0.3 is 0 Å². The second-order valence-electron chi connectivity index (χ2n) is 5.39. The molecule has 1 amide bonds. The molecule has 1 aromatic carbocycles. The summed E-state index contributed by atoms with van der Waals surface area (Å²) in [5.41, 5.74) is 2.26. The van der Waals surface area contributed by atoms with Crippen molar-refractivity contribution in [3.05, 3.63) is 35.3 Å². The maximum atomic E-state index is 12.6. The van der Waals surface area contributed by atoms with Gasteiger partial charge in [0.1, 0.15) is 5.54 Å². The van der Waals surface area contributed by atoms with E-state index in [1.807, 2.05) is 50.5 Å². The topological polar surface area (TPSA) is 49.3 Å². The summed E-state index contributed by atoms with van der Waals surface area (Å²) in [6.45, 7) is 4.48. The average molecular weight is 288 g/mol. The first-order chi connectivity index (χ1) is 9.51. The number of hydrogen-bond donors (Lipinski definition) is 0. The molecule has 5 nitrogen and oxygen atoms in total. The molecule has 1 aliphatic heterocycles. The molecule has 1 aliphatic rings. The Morgan fingerprint density at radius 3 is 2.60 bits per heavy atom. The number of para-hydroxylation sites is 2. The summed E-state index contributed by atoms with van der Waals surface area (Å²) in [7, 11) is 1.82. The minimum absolute atomic E-state index is 0.0828. The molecule has 6 heteroatoms. The molecule has 0 aliphatic carbocycles. The summed E-state index contributed by atoms with van der Waals surface area (Å²) in [5, 5.41) is 6.01. The van der Waals surface area contributed by atoms with Crippen LogP contribution in [-0.2, 0) is 11.3 Å². The van der Waals surface area contributed by atoms with Crippen molar-refractivity contribution in [3.8, 4) is 0 Å². The van der Waals surface area contributed by atoms with Gasteiger partial charge in [-0.25, -0.2) is 0 Å². The fourth-order valence-corrected chi connectivity index (χ4v) is 3.05. The lowest BCUT2D eigenvalue weighted by Gasteiger charge is -2.46. The molecule has 0 N–H and O–H groups in total. The van der Waals surface area contributed by atoms with Crippen LogP contribution in [0.15, 0.2) is 29.6 Å². The van der Waals surface area contributed by atoms with Crippen LogP contribution in [0.3, 0.4) is 0 Å². The molecule has 2 aromatic rings. The molecule has 0 atom stereocenters. The fraction of sp³-hybridized carbons (Fsp3) is 0.357. The number of nitrogens with zero attached hydrogens (tertiary/aromatic N) is 4. The van der Waals surface area contributed by atoms with E-state index in [1.54, 1.807) is 4.90 Å². The van der Waals surface area contributed by atoms with E-state index in [1.165, 1.54) is 11.5 Å². The maximum Gasteiger partial charge on any atom is 0.252 e. The van der Waals surface area contributed by atoms with E-state index in [2.05, 4.69) is 14.5 Å². The maximum absolute atomic E-state index is 12.6. The van der Waals surface area contributed by atoms with Gasteiger partial charge in [0, 0.05) is 12.4 Å². The molecular weight excluding hydrogens is 272 g/mol. The van der Waals surface area contributed by atoms with Gasteiger partial charge in [0.15, 0.2) is 0 Å². The number of benzene rings is 1. The third-order valence-corrected chi connectivity index (χ3v) is 4.32. The fourth-order valence-electron chi connectivity index (χ4n) is 2.61. The number of carbonyl (C=O) groups is 1. The zero-order valence-electron chi connectivity index (χ0n) is 11.7. The van der Waals surface area contributed by atoms with Crippen LogP contribution in [-0.4, -0.2) is 28.1 Å². The molecule has 0 saturated heterocycles. The quantitative estimate of drug-likeness (QED) is 0.851. The van der Waals surface area contributed by atoms with Crippen LogP contribution in [0.5, 0.6) is 0 Å². The molecular formula is C14H16N4OS. The van der Waals surface area contributed by atoms with Gasteiger partial charge in [-0.2, -0.15) is 0 Å². The second-order valence-corrected chi connectivity index (χ2v) is 6.00. The summed E-state index contributed by atoms with van der Waals surface area (Å²) in [6, 6.07) is 7.95. The minimum Gasteiger partial charge on any atom is -0.350 e. The number of likely N-dealkylation sites (N-methyl/N-ethyl adjacent to an activating group) is 1. The first kappa shape index (κ1) is 13.1. The highest BCUT2D eigenvalue weighted by Gasteiger charge is 2.43. The van der Waals surface area contributed by atoms with Gasteiger partial charge in [-0.1, -0.05) is 16.6 Å². The first-order valence-electron chi connectivity index (χ1n) is 6.42. The number of aromatic nitrogens is 2. The van der Waals surface area contributed by atoms with Crippen molar-refractivity contribution in [2.24, 2.45) is 0 Å². The van der Waals surface area contributed by atoms with Gasteiger partial charge < -0.3 is 9.80 Å². The average Bonchev–Trinajstić information content (AvgIpc) is 2.95. The summed E-state index contributed by atoms with van der Waals surface area (Å²) < 4.78 is 3.90. The Labute approximate surface area is 122 Å². The summed E-state index contributed by atoms with van der Waals surface area (Å²) in [5.74, 6) is 0.0828. The molecule has 0 spiro atoms. The van der Waals surface area contributed by atoms with E-state index in [0.717, 1.165) is 17.1 Å². The van der Waals surface area contributed by atoms with Crippen LogP contribution in [0.25, 0.3) is 0 Å². The van der Waals surface area contributed by atoms with E-state index in [0.29, 0.717) is 6.54 Å². The molecule has 0 bridgehead atoms. The van der Waals surface area contributed by atoms with Crippen molar-refractivity contribution in [2.45, 2.75) is 25.9 Å². The Hall–Kier alpha value is -1.95. The van der Waals surface area contributed by atoms with Crippen molar-refractivity contribution < 1.29 is 4.79 Å². The summed E-state index contributed by atoms with van der Waals surface area (Å²) in [4.78, 5) is 16.4. The van der Waals surface area contributed by atoms with Crippen LogP contribution in [0.1, 0.15) is 19.5 Å². The highest BCUT2D eigenvalue weighted by atomic mass is 32.1. The van der Waals surface area contributed by atoms with Gasteiger partial charge in [0.25, 0.3) is 5.91 Å². The zero-order valence-corrected chi connectivity index (χ0v) is 12.5. The van der Waals surface area contributed by atoms with Crippen LogP contribution >= 0.6 is 11.5 Å². The highest BCUT2D eigenvalue weighted by Crippen LogP contribution is 2.40. The standard InChI is InChI=1S/C14H16N4OS/c1-14(2)13(19)17(3)11-6-4-5-7-12(11)18(14)8-10-9-20-16-15-10/h4-7,9H,8H2,1-3H3. The Balaban J connectivity index is 2.10. The Morgan fingerprint density at radius 2 is 1.95 bits per heavy atom. The van der Waals surface area contributed by atoms with Crippen molar-refractivity contribution in [2.75, 3.05) is 16.8 Å². The van der Waals surface area contributed by atoms with Crippen LogP contribution < -0.4 is 9.80 Å². The summed E-state index contributed by atoms with van der Waals surface area (Å²) in [6.07, 6.45) is 0. The van der Waals surface area contributed by atoms with Crippen molar-refractivity contribution in [3.63, 3.8) is 0 Å². The van der Waals surface area contributed by atoms with Crippen LogP contribution in [0.2, 0.25) is 0 Å². The van der Waals surface area contributed by atoms with E-state index in [-0.39, 0.29) is 5.91 Å². The summed E-state index contributed by atoms with van der Waals surface area (Å²) >= 11 is 1.33. The lowest BCUT2D eigenvalue weighted by molar-refractivity contribution is -0.122. The molecule has 0 fully saturated rings. The highest BCUT2D eigenvalue weighted by molar-refractivity contribution is 7.03. The lowest BCUT2D eigenvalue weighted by atomic mass is 9.95. The van der Waals surface area contributed by atoms with Crippen LogP contribution in [0.4, 0.5) is 11.4 Å². The van der Waals surface area contributed by atoms with E-state index >= 15 is 0 Å². The second kappa shape index (κ2) is 4.56. The Bertz CT molecular complexity index is 638. The third-order valence-electron chi connectivity index (χ3n) is 3.76. The molecule has 3 rings (SSSR count). The largest absolute Gasteiger partial charge is 0.350 e. The molecule has 1 aromatic heterocycles. The molecule has 2 heterocycles. The van der Waals surface area contributed by atoms with Gasteiger partial charge in [-0.3, -0.25) is 4.79 Å². The smallest absolute Gasteiger partial charge is 0.252 e. The number of amides is 1. The van der Waals surface area contributed by atoms with Crippen molar-refractivity contribution >= 4 is 28.8 Å². The Morgan fingerprint density at radius 1 is 1.25 bits per heavy atom. The van der Waals surface area contributed by atoms with Gasteiger partial charge in [0.05, 0.1) is 23.6 Å². The van der Waals surface area contributed by atoms with Gasteiger partial charge in [-0.05, 0) is 37.5 Å². The number of anilines is 2. The van der Waals surface area contributed by atoms with Crippen molar-refractivity contribution in [1.82, 2.24) is 9.59 Å². The third kappa shape index (κ3) is 1.87. The van der Waals surface area contributed by atoms with Crippen LogP contribution in [0, 0.1) is 0 Å². The zero-order chi connectivity index (χ0) is 14.3. The SMILES string of the molecule is CN1C(=O)C(C)(C)N(Cc2csnn2)c2ccccc21. The van der Waals surface area contributed by atoms with Gasteiger partial charge in [-0.15, -0.1) is 5.10 Å². The van der Waals surface area contributed by atoms with Gasteiger partial charge in [0.2, 0.25) is 0 Å². The predicted octanol–water partition coefficient (Wildman–Crippen LogP) is 2.30. The first-order valence-corrected chi connectivity index (χ1v) is 7.26. The minimum atomic E-state index is -0.604. The number of rotatable bonds is 2. The van der Waals surface area contributed by atoms with E-state index in [9.17, 15) is 4.79 Å².